The lowest BCUT2D eigenvalue weighted by Crippen LogP contribution is -2.31. The summed E-state index contributed by atoms with van der Waals surface area (Å²) in [4.78, 5) is 0.327. The average molecular weight is 377 g/mol. The Morgan fingerprint density at radius 3 is 2.52 bits per heavy atom. The van der Waals surface area contributed by atoms with Crippen LogP contribution in [0.15, 0.2) is 27.6 Å². The number of nitrogens with zero attached hydrogens (tertiary/aromatic N) is 1. The van der Waals surface area contributed by atoms with Crippen molar-refractivity contribution in [3.8, 4) is 0 Å². The van der Waals surface area contributed by atoms with Crippen LogP contribution in [0.4, 0.5) is 0 Å². The zero-order valence-corrected chi connectivity index (χ0v) is 15.6. The second-order valence-corrected chi connectivity index (χ2v) is 8.21. The number of sulfonamides is 1. The lowest BCUT2D eigenvalue weighted by molar-refractivity contribution is 0.393. The predicted octanol–water partition coefficient (Wildman–Crippen LogP) is 3.23. The van der Waals surface area contributed by atoms with Gasteiger partial charge in [0, 0.05) is 24.6 Å². The summed E-state index contributed by atoms with van der Waals surface area (Å²) in [5.74, 6) is 0.344. The SMILES string of the molecule is CCNCc1ccc(S(=O)(=O)N(C)CC(C)CC)c(Br)c1. The van der Waals surface area contributed by atoms with Crippen LogP contribution in [0.1, 0.15) is 32.8 Å². The van der Waals surface area contributed by atoms with Gasteiger partial charge in [-0.1, -0.05) is 33.3 Å². The molecular weight excluding hydrogens is 352 g/mol. The summed E-state index contributed by atoms with van der Waals surface area (Å²) in [6.45, 7) is 8.31. The first-order chi connectivity index (χ1) is 9.82. The molecule has 0 aromatic heterocycles. The predicted molar refractivity (Wildman–Crippen MR) is 90.8 cm³/mol. The number of nitrogens with one attached hydrogen (secondary N) is 1. The van der Waals surface area contributed by atoms with E-state index in [0.29, 0.717) is 21.8 Å². The Morgan fingerprint density at radius 2 is 2.00 bits per heavy atom. The van der Waals surface area contributed by atoms with Crippen molar-refractivity contribution in [1.82, 2.24) is 9.62 Å². The fourth-order valence-corrected chi connectivity index (χ4v) is 4.34. The van der Waals surface area contributed by atoms with Crippen LogP contribution in [-0.2, 0) is 16.6 Å². The van der Waals surface area contributed by atoms with Crippen LogP contribution in [0.3, 0.4) is 0 Å². The highest BCUT2D eigenvalue weighted by Crippen LogP contribution is 2.26. The van der Waals surface area contributed by atoms with E-state index in [0.717, 1.165) is 25.1 Å². The minimum absolute atomic E-state index is 0.327. The van der Waals surface area contributed by atoms with Crippen molar-refractivity contribution < 1.29 is 8.42 Å². The zero-order valence-electron chi connectivity index (χ0n) is 13.2. The Labute approximate surface area is 137 Å². The molecule has 0 saturated heterocycles. The molecule has 1 unspecified atom stereocenters. The maximum Gasteiger partial charge on any atom is 0.243 e. The second-order valence-electron chi connectivity index (χ2n) is 5.34. The van der Waals surface area contributed by atoms with Gasteiger partial charge in [-0.3, -0.25) is 0 Å². The Morgan fingerprint density at radius 1 is 1.33 bits per heavy atom. The van der Waals surface area contributed by atoms with Crippen molar-refractivity contribution >= 4 is 26.0 Å². The van der Waals surface area contributed by atoms with Gasteiger partial charge in [-0.25, -0.2) is 12.7 Å². The summed E-state index contributed by atoms with van der Waals surface area (Å²) in [6.07, 6.45) is 0.961. The van der Waals surface area contributed by atoms with Crippen molar-refractivity contribution in [2.45, 2.75) is 38.6 Å². The summed E-state index contributed by atoms with van der Waals surface area (Å²) in [6, 6.07) is 5.41. The largest absolute Gasteiger partial charge is 0.313 e. The normalized spacial score (nSPS) is 13.6. The highest BCUT2D eigenvalue weighted by molar-refractivity contribution is 9.10. The Kier molecular flexibility index (Phi) is 7.33. The van der Waals surface area contributed by atoms with Crippen molar-refractivity contribution in [3.63, 3.8) is 0 Å². The Balaban J connectivity index is 2.98. The van der Waals surface area contributed by atoms with E-state index in [1.807, 2.05) is 19.1 Å². The van der Waals surface area contributed by atoms with Crippen LogP contribution in [0, 0.1) is 5.92 Å². The third kappa shape index (κ3) is 5.06. The van der Waals surface area contributed by atoms with E-state index in [9.17, 15) is 8.42 Å². The minimum Gasteiger partial charge on any atom is -0.313 e. The zero-order chi connectivity index (χ0) is 16.0. The lowest BCUT2D eigenvalue weighted by Gasteiger charge is -2.21. The molecule has 1 atom stereocenters. The van der Waals surface area contributed by atoms with E-state index in [1.165, 1.54) is 4.31 Å². The molecule has 0 radical (unpaired) electrons. The maximum absolute atomic E-state index is 12.6. The van der Waals surface area contributed by atoms with E-state index in [-0.39, 0.29) is 0 Å². The molecule has 0 bridgehead atoms. The summed E-state index contributed by atoms with van der Waals surface area (Å²) in [5, 5.41) is 3.23. The van der Waals surface area contributed by atoms with E-state index in [4.69, 9.17) is 0 Å². The first-order valence-corrected chi connectivity index (χ1v) is 9.51. The van der Waals surface area contributed by atoms with Gasteiger partial charge in [0.1, 0.15) is 0 Å². The quantitative estimate of drug-likeness (QED) is 0.757. The van der Waals surface area contributed by atoms with Gasteiger partial charge in [-0.05, 0) is 46.1 Å². The average Bonchev–Trinajstić information content (AvgIpc) is 2.44. The first kappa shape index (κ1) is 18.6. The molecule has 21 heavy (non-hydrogen) atoms. The molecule has 0 aliphatic carbocycles. The highest BCUT2D eigenvalue weighted by Gasteiger charge is 2.24. The van der Waals surface area contributed by atoms with Crippen LogP contribution >= 0.6 is 15.9 Å². The van der Waals surface area contributed by atoms with Gasteiger partial charge in [0.2, 0.25) is 10.0 Å². The van der Waals surface area contributed by atoms with Crippen molar-refractivity contribution in [2.75, 3.05) is 20.1 Å². The summed E-state index contributed by atoms with van der Waals surface area (Å²) >= 11 is 3.39. The smallest absolute Gasteiger partial charge is 0.243 e. The van der Waals surface area contributed by atoms with Gasteiger partial charge in [0.05, 0.1) is 4.90 Å². The third-order valence-corrected chi connectivity index (χ3v) is 6.33. The molecule has 6 heteroatoms. The molecule has 0 saturated carbocycles. The fourth-order valence-electron chi connectivity index (χ4n) is 1.97. The van der Waals surface area contributed by atoms with Crippen molar-refractivity contribution in [1.29, 1.82) is 0 Å². The summed E-state index contributed by atoms with van der Waals surface area (Å²) in [7, 11) is -1.81. The molecule has 0 fully saturated rings. The highest BCUT2D eigenvalue weighted by atomic mass is 79.9. The molecule has 1 aromatic rings. The molecule has 120 valence electrons. The second kappa shape index (κ2) is 8.27. The molecule has 0 spiro atoms. The van der Waals surface area contributed by atoms with Crippen molar-refractivity contribution in [2.24, 2.45) is 5.92 Å². The third-order valence-electron chi connectivity index (χ3n) is 3.53. The van der Waals surface area contributed by atoms with Gasteiger partial charge in [-0.15, -0.1) is 0 Å². The number of halogens is 1. The van der Waals surface area contributed by atoms with Crippen molar-refractivity contribution in [3.05, 3.63) is 28.2 Å². The lowest BCUT2D eigenvalue weighted by atomic mass is 10.1. The van der Waals surface area contributed by atoms with Crippen LogP contribution in [0.5, 0.6) is 0 Å². The van der Waals surface area contributed by atoms with Crippen LogP contribution in [-0.4, -0.2) is 32.9 Å². The van der Waals surface area contributed by atoms with E-state index in [2.05, 4.69) is 35.1 Å². The summed E-state index contributed by atoms with van der Waals surface area (Å²) in [5.41, 5.74) is 1.06. The Hall–Kier alpha value is -0.430. The maximum atomic E-state index is 12.6. The summed E-state index contributed by atoms with van der Waals surface area (Å²) < 4.78 is 27.3. The topological polar surface area (TPSA) is 49.4 Å². The molecule has 4 nitrogen and oxygen atoms in total. The fraction of sp³-hybridized carbons (Fsp3) is 0.600. The van der Waals surface area contributed by atoms with Crippen LogP contribution in [0.2, 0.25) is 0 Å². The number of benzene rings is 1. The molecule has 1 rings (SSSR count). The molecule has 1 N–H and O–H groups in total. The van der Waals surface area contributed by atoms with Gasteiger partial charge >= 0.3 is 0 Å². The van der Waals surface area contributed by atoms with Crippen LogP contribution in [0.25, 0.3) is 0 Å². The minimum atomic E-state index is -3.45. The standard InChI is InChI=1S/C15H25BrN2O2S/c1-5-12(3)11-18(4)21(19,20)15-8-7-13(9-14(15)16)10-17-6-2/h7-9,12,17H,5-6,10-11H2,1-4H3. The van der Waals surface area contributed by atoms with Gasteiger partial charge in [0.25, 0.3) is 0 Å². The molecule has 1 aromatic carbocycles. The molecule has 0 aliphatic heterocycles. The van der Waals surface area contributed by atoms with Gasteiger partial charge in [-0.2, -0.15) is 0 Å². The Bertz CT molecular complexity index is 561. The number of hydrogen-bond acceptors (Lipinski definition) is 3. The molecule has 0 aliphatic rings. The van der Waals surface area contributed by atoms with Gasteiger partial charge in [0.15, 0.2) is 0 Å². The number of rotatable bonds is 8. The van der Waals surface area contributed by atoms with Gasteiger partial charge < -0.3 is 5.32 Å². The molecular formula is C15H25BrN2O2S. The molecule has 0 heterocycles. The first-order valence-electron chi connectivity index (χ1n) is 7.28. The van der Waals surface area contributed by atoms with Crippen LogP contribution < -0.4 is 5.32 Å². The van der Waals surface area contributed by atoms with E-state index >= 15 is 0 Å². The van der Waals surface area contributed by atoms with E-state index < -0.39 is 10.0 Å². The van der Waals surface area contributed by atoms with E-state index in [1.54, 1.807) is 13.1 Å². The molecule has 0 amide bonds. The number of hydrogen-bond donors (Lipinski definition) is 1. The monoisotopic (exact) mass is 376 g/mol.